The van der Waals surface area contributed by atoms with E-state index >= 15 is 0 Å². The van der Waals surface area contributed by atoms with E-state index in [1.807, 2.05) is 0 Å². The normalized spacial score (nSPS) is 26.1. The Bertz CT molecular complexity index is 352. The second-order valence-corrected chi connectivity index (χ2v) is 4.94. The molecule has 0 spiro atoms. The molecule has 2 heterocycles. The van der Waals surface area contributed by atoms with Crippen LogP contribution in [0, 0.1) is 5.92 Å². The molecule has 1 saturated heterocycles. The van der Waals surface area contributed by atoms with Gasteiger partial charge in [-0.2, -0.15) is 5.10 Å². The minimum atomic E-state index is 0.681. The highest BCUT2D eigenvalue weighted by Gasteiger charge is 2.29. The summed E-state index contributed by atoms with van der Waals surface area (Å²) in [5.74, 6) is 1.57. The van der Waals surface area contributed by atoms with Crippen molar-refractivity contribution in [2.45, 2.75) is 38.5 Å². The van der Waals surface area contributed by atoms with Gasteiger partial charge in [0.05, 0.1) is 5.69 Å². The third-order valence-corrected chi connectivity index (χ3v) is 4.03. The summed E-state index contributed by atoms with van der Waals surface area (Å²) in [5, 5.41) is 11.1. The minimum Gasteiger partial charge on any atom is -0.315 e. The Morgan fingerprint density at radius 2 is 2.27 bits per heavy atom. The quantitative estimate of drug-likeness (QED) is 0.770. The number of hydrogen-bond acceptors (Lipinski definition) is 2. The van der Waals surface area contributed by atoms with Gasteiger partial charge in [0.1, 0.15) is 0 Å². The Hall–Kier alpha value is -0.830. The lowest BCUT2D eigenvalue weighted by Gasteiger charge is -2.28. The van der Waals surface area contributed by atoms with Crippen LogP contribution in [0.5, 0.6) is 0 Å². The zero-order chi connectivity index (χ0) is 10.3. The molecular formula is C12H19N3. The molecular weight excluding hydrogens is 186 g/mol. The molecule has 82 valence electrons. The van der Waals surface area contributed by atoms with Crippen LogP contribution in [-0.2, 0) is 12.8 Å². The molecule has 0 saturated carbocycles. The van der Waals surface area contributed by atoms with Crippen LogP contribution >= 0.6 is 0 Å². The van der Waals surface area contributed by atoms with Gasteiger partial charge in [0.2, 0.25) is 0 Å². The minimum absolute atomic E-state index is 0.681. The first-order chi connectivity index (χ1) is 7.38. The maximum atomic E-state index is 4.52. The Labute approximate surface area is 90.7 Å². The van der Waals surface area contributed by atoms with Crippen LogP contribution in [0.4, 0.5) is 0 Å². The van der Waals surface area contributed by atoms with Crippen LogP contribution in [0.2, 0.25) is 0 Å². The summed E-state index contributed by atoms with van der Waals surface area (Å²) in [6.45, 7) is 4.54. The van der Waals surface area contributed by atoms with Gasteiger partial charge in [-0.3, -0.25) is 5.10 Å². The smallest absolute Gasteiger partial charge is 0.0713 e. The number of nitrogens with one attached hydrogen (secondary N) is 2. The highest BCUT2D eigenvalue weighted by Crippen LogP contribution is 2.32. The molecule has 2 aliphatic rings. The zero-order valence-corrected chi connectivity index (χ0v) is 9.34. The topological polar surface area (TPSA) is 40.7 Å². The van der Waals surface area contributed by atoms with Gasteiger partial charge >= 0.3 is 0 Å². The number of nitrogens with zero attached hydrogens (tertiary/aromatic N) is 1. The third kappa shape index (κ3) is 1.49. The van der Waals surface area contributed by atoms with Crippen molar-refractivity contribution in [1.29, 1.82) is 0 Å². The van der Waals surface area contributed by atoms with Crippen molar-refractivity contribution < 1.29 is 0 Å². The Morgan fingerprint density at radius 3 is 2.93 bits per heavy atom. The fourth-order valence-electron chi connectivity index (χ4n) is 2.76. The second-order valence-electron chi connectivity index (χ2n) is 4.94. The summed E-state index contributed by atoms with van der Waals surface area (Å²) in [6.07, 6.45) is 5.12. The van der Waals surface area contributed by atoms with Crippen molar-refractivity contribution in [2.24, 2.45) is 5.92 Å². The fourth-order valence-corrected chi connectivity index (χ4v) is 2.76. The molecule has 0 amide bonds. The van der Waals surface area contributed by atoms with Gasteiger partial charge in [0, 0.05) is 24.7 Å². The molecule has 0 radical (unpaired) electrons. The molecule has 0 aromatic carbocycles. The van der Waals surface area contributed by atoms with Gasteiger partial charge in [-0.15, -0.1) is 0 Å². The first-order valence-electron chi connectivity index (χ1n) is 6.15. The average Bonchev–Trinajstić information content (AvgIpc) is 2.59. The summed E-state index contributed by atoms with van der Waals surface area (Å²) in [5.41, 5.74) is 4.34. The summed E-state index contributed by atoms with van der Waals surface area (Å²) >= 11 is 0. The van der Waals surface area contributed by atoms with Crippen LogP contribution < -0.4 is 5.32 Å². The Kier molecular flexibility index (Phi) is 2.28. The summed E-state index contributed by atoms with van der Waals surface area (Å²) in [4.78, 5) is 0. The van der Waals surface area contributed by atoms with Crippen LogP contribution in [0.3, 0.4) is 0 Å². The van der Waals surface area contributed by atoms with Crippen molar-refractivity contribution in [3.63, 3.8) is 0 Å². The number of rotatable bonds is 2. The lowest BCUT2D eigenvalue weighted by molar-refractivity contribution is 0.419. The summed E-state index contributed by atoms with van der Waals surface area (Å²) in [6, 6.07) is 0. The number of hydrogen-bond donors (Lipinski definition) is 2. The van der Waals surface area contributed by atoms with E-state index in [9.17, 15) is 0 Å². The number of aromatic nitrogens is 2. The van der Waals surface area contributed by atoms with E-state index in [1.165, 1.54) is 37.1 Å². The lowest BCUT2D eigenvalue weighted by atomic mass is 9.82. The number of aromatic amines is 1. The molecule has 1 aliphatic carbocycles. The van der Waals surface area contributed by atoms with E-state index < -0.39 is 0 Å². The molecule has 3 heteroatoms. The van der Waals surface area contributed by atoms with Crippen molar-refractivity contribution in [3.8, 4) is 0 Å². The Morgan fingerprint density at radius 1 is 1.40 bits per heavy atom. The molecule has 1 aliphatic heterocycles. The van der Waals surface area contributed by atoms with E-state index in [0.717, 1.165) is 19.0 Å². The van der Waals surface area contributed by atoms with Crippen LogP contribution in [-0.4, -0.2) is 23.3 Å². The highest BCUT2D eigenvalue weighted by atomic mass is 15.1. The highest BCUT2D eigenvalue weighted by molar-refractivity contribution is 5.32. The third-order valence-electron chi connectivity index (χ3n) is 4.03. The molecule has 1 aromatic rings. The first kappa shape index (κ1) is 9.40. The van der Waals surface area contributed by atoms with E-state index in [4.69, 9.17) is 0 Å². The molecule has 0 bridgehead atoms. The monoisotopic (exact) mass is 205 g/mol. The van der Waals surface area contributed by atoms with Gasteiger partial charge in [-0.1, -0.05) is 13.3 Å². The predicted molar refractivity (Wildman–Crippen MR) is 60.0 cm³/mol. The van der Waals surface area contributed by atoms with Crippen molar-refractivity contribution in [3.05, 3.63) is 17.0 Å². The maximum Gasteiger partial charge on any atom is 0.0713 e. The van der Waals surface area contributed by atoms with E-state index in [0.29, 0.717) is 5.92 Å². The number of H-pyrrole nitrogens is 1. The van der Waals surface area contributed by atoms with Crippen LogP contribution in [0.1, 0.15) is 42.6 Å². The van der Waals surface area contributed by atoms with Gasteiger partial charge in [-0.25, -0.2) is 0 Å². The van der Waals surface area contributed by atoms with Gasteiger partial charge in [0.25, 0.3) is 0 Å². The zero-order valence-electron chi connectivity index (χ0n) is 9.34. The molecule has 1 unspecified atom stereocenters. The lowest BCUT2D eigenvalue weighted by Crippen LogP contribution is -2.40. The molecule has 1 fully saturated rings. The van der Waals surface area contributed by atoms with Gasteiger partial charge in [0.15, 0.2) is 0 Å². The molecule has 1 atom stereocenters. The molecule has 1 aromatic heterocycles. The standard InChI is InChI=1S/C12H19N3/c1-2-8-3-4-11-10(5-8)12(15-14-11)9-6-13-7-9/h8-9,13H,2-7H2,1H3,(H,14,15). The largest absolute Gasteiger partial charge is 0.315 e. The number of aryl methyl sites for hydroxylation is 1. The van der Waals surface area contributed by atoms with Crippen LogP contribution in [0.15, 0.2) is 0 Å². The molecule has 3 rings (SSSR count). The van der Waals surface area contributed by atoms with E-state index in [-0.39, 0.29) is 0 Å². The van der Waals surface area contributed by atoms with Crippen molar-refractivity contribution in [1.82, 2.24) is 15.5 Å². The fraction of sp³-hybridized carbons (Fsp3) is 0.750. The second kappa shape index (κ2) is 3.63. The SMILES string of the molecule is CCC1CCc2[nH]nc(C3CNC3)c2C1. The van der Waals surface area contributed by atoms with Gasteiger partial charge < -0.3 is 5.32 Å². The molecule has 3 nitrogen and oxygen atoms in total. The summed E-state index contributed by atoms with van der Waals surface area (Å²) in [7, 11) is 0. The van der Waals surface area contributed by atoms with Gasteiger partial charge in [-0.05, 0) is 30.7 Å². The maximum absolute atomic E-state index is 4.52. The predicted octanol–water partition coefficient (Wildman–Crippen LogP) is 1.61. The van der Waals surface area contributed by atoms with Crippen LogP contribution in [0.25, 0.3) is 0 Å². The van der Waals surface area contributed by atoms with E-state index in [2.05, 4.69) is 22.4 Å². The number of fused-ring (bicyclic) bond motifs is 1. The van der Waals surface area contributed by atoms with Crippen molar-refractivity contribution >= 4 is 0 Å². The van der Waals surface area contributed by atoms with E-state index in [1.54, 1.807) is 5.56 Å². The van der Waals surface area contributed by atoms with Crippen molar-refractivity contribution in [2.75, 3.05) is 13.1 Å². The summed E-state index contributed by atoms with van der Waals surface area (Å²) < 4.78 is 0. The Balaban J connectivity index is 1.88. The molecule has 15 heavy (non-hydrogen) atoms. The first-order valence-corrected chi connectivity index (χ1v) is 6.15. The molecule has 2 N–H and O–H groups in total. The average molecular weight is 205 g/mol.